The fourth-order valence-corrected chi connectivity index (χ4v) is 5.53. The maximum Gasteiger partial charge on any atom is 0.336 e. The Balaban J connectivity index is 1.61. The molecule has 0 unspecified atom stereocenters. The molecule has 0 saturated heterocycles. The first kappa shape index (κ1) is 25.7. The number of hydrogen-bond acceptors (Lipinski definition) is 6. The molecule has 1 aliphatic carbocycles. The molecule has 6 nitrogen and oxygen atoms in total. The zero-order valence-electron chi connectivity index (χ0n) is 21.1. The summed E-state index contributed by atoms with van der Waals surface area (Å²) >= 11 is 3.57. The minimum atomic E-state index is -0.712. The van der Waals surface area contributed by atoms with Gasteiger partial charge in [0.2, 0.25) is 0 Å². The van der Waals surface area contributed by atoms with Crippen LogP contribution < -0.4 is 14.8 Å². The summed E-state index contributed by atoms with van der Waals surface area (Å²) < 4.78 is 31.7. The molecule has 1 heterocycles. The lowest BCUT2D eigenvalue weighted by Crippen LogP contribution is -2.29. The van der Waals surface area contributed by atoms with Gasteiger partial charge >= 0.3 is 5.97 Å². The average molecular weight is 578 g/mol. The monoisotopic (exact) mass is 577 g/mol. The molecule has 0 aromatic heterocycles. The second-order valence-electron chi connectivity index (χ2n) is 8.89. The van der Waals surface area contributed by atoms with E-state index in [4.69, 9.17) is 14.2 Å². The molecule has 1 aliphatic heterocycles. The van der Waals surface area contributed by atoms with Crippen LogP contribution in [0.4, 0.5) is 4.39 Å². The number of fused-ring (bicyclic) bond motifs is 2. The number of dihydropyridines is 1. The predicted octanol–water partition coefficient (Wildman–Crippen LogP) is 6.31. The van der Waals surface area contributed by atoms with E-state index in [1.165, 1.54) is 13.2 Å². The topological polar surface area (TPSA) is 73.9 Å². The van der Waals surface area contributed by atoms with Crippen LogP contribution in [0.2, 0.25) is 0 Å². The number of rotatable bonds is 7. The second kappa shape index (κ2) is 10.5. The normalized spacial score (nSPS) is 16.1. The smallest absolute Gasteiger partial charge is 0.336 e. The van der Waals surface area contributed by atoms with Crippen LogP contribution in [0.1, 0.15) is 46.8 Å². The van der Waals surface area contributed by atoms with E-state index in [2.05, 4.69) is 21.2 Å². The first-order valence-corrected chi connectivity index (χ1v) is 12.9. The quantitative estimate of drug-likeness (QED) is 0.332. The fraction of sp³-hybridized carbons (Fsp3) is 0.200. The van der Waals surface area contributed by atoms with Crippen LogP contribution in [-0.4, -0.2) is 25.5 Å². The molecule has 0 radical (unpaired) electrons. The van der Waals surface area contributed by atoms with Gasteiger partial charge in [-0.2, -0.15) is 0 Å². The largest absolute Gasteiger partial charge is 0.493 e. The molecule has 38 heavy (non-hydrogen) atoms. The Morgan fingerprint density at radius 1 is 1.08 bits per heavy atom. The SMILES string of the molecule is CCOC(=O)C1=C(C)NC2=C(C(=O)c3ccccc32)[C@H]1c1cc(Br)c(OCc2ccccc2F)c(OC)c1. The summed E-state index contributed by atoms with van der Waals surface area (Å²) in [4.78, 5) is 26.9. The van der Waals surface area contributed by atoms with Crippen molar-refractivity contribution in [3.05, 3.63) is 110 Å². The predicted molar refractivity (Wildman–Crippen MR) is 144 cm³/mol. The third-order valence-electron chi connectivity index (χ3n) is 6.66. The molecule has 0 saturated carbocycles. The summed E-state index contributed by atoms with van der Waals surface area (Å²) in [5, 5.41) is 3.29. The van der Waals surface area contributed by atoms with Crippen LogP contribution >= 0.6 is 15.9 Å². The molecule has 0 bridgehead atoms. The van der Waals surface area contributed by atoms with Crippen molar-refractivity contribution in [2.24, 2.45) is 0 Å². The Hall–Kier alpha value is -3.91. The van der Waals surface area contributed by atoms with Gasteiger partial charge in [-0.25, -0.2) is 9.18 Å². The second-order valence-corrected chi connectivity index (χ2v) is 9.75. The highest BCUT2D eigenvalue weighted by molar-refractivity contribution is 9.10. The van der Waals surface area contributed by atoms with Crippen LogP contribution in [0.25, 0.3) is 5.70 Å². The zero-order chi connectivity index (χ0) is 27.0. The lowest BCUT2D eigenvalue weighted by Gasteiger charge is -2.30. The molecular weight excluding hydrogens is 553 g/mol. The van der Waals surface area contributed by atoms with Crippen LogP contribution in [0.15, 0.2) is 82.0 Å². The summed E-state index contributed by atoms with van der Waals surface area (Å²) in [6.07, 6.45) is 0. The van der Waals surface area contributed by atoms with Gasteiger partial charge < -0.3 is 19.5 Å². The third kappa shape index (κ3) is 4.39. The highest BCUT2D eigenvalue weighted by atomic mass is 79.9. The zero-order valence-corrected chi connectivity index (χ0v) is 22.6. The summed E-state index contributed by atoms with van der Waals surface area (Å²) in [7, 11) is 1.50. The number of hydrogen-bond donors (Lipinski definition) is 1. The van der Waals surface area contributed by atoms with Gasteiger partial charge in [-0.15, -0.1) is 0 Å². The van der Waals surface area contributed by atoms with Crippen molar-refractivity contribution in [2.75, 3.05) is 13.7 Å². The third-order valence-corrected chi connectivity index (χ3v) is 7.25. The molecule has 0 spiro atoms. The number of Topliss-reactive ketones (excluding diaryl/α,β-unsaturated/α-hetero) is 1. The van der Waals surface area contributed by atoms with Gasteiger partial charge in [-0.05, 0) is 53.5 Å². The van der Waals surface area contributed by atoms with E-state index in [9.17, 15) is 14.0 Å². The van der Waals surface area contributed by atoms with E-state index in [0.717, 1.165) is 5.56 Å². The Kier molecular flexibility index (Phi) is 7.08. The van der Waals surface area contributed by atoms with Crippen molar-refractivity contribution in [2.45, 2.75) is 26.4 Å². The molecule has 194 valence electrons. The van der Waals surface area contributed by atoms with Crippen LogP contribution in [0.3, 0.4) is 0 Å². The van der Waals surface area contributed by atoms with E-state index >= 15 is 0 Å². The van der Waals surface area contributed by atoms with Crippen molar-refractivity contribution in [1.29, 1.82) is 0 Å². The Morgan fingerprint density at radius 2 is 1.79 bits per heavy atom. The summed E-state index contributed by atoms with van der Waals surface area (Å²) in [6.45, 7) is 3.72. The van der Waals surface area contributed by atoms with E-state index in [1.807, 2.05) is 18.2 Å². The molecule has 0 amide bonds. The number of benzene rings is 3. The minimum absolute atomic E-state index is 0.00941. The average Bonchev–Trinajstić information content (AvgIpc) is 3.19. The number of halogens is 2. The molecule has 1 atom stereocenters. The van der Waals surface area contributed by atoms with E-state index < -0.39 is 11.9 Å². The van der Waals surface area contributed by atoms with Crippen molar-refractivity contribution in [3.8, 4) is 11.5 Å². The molecule has 3 aromatic carbocycles. The Morgan fingerprint density at radius 3 is 2.50 bits per heavy atom. The number of ether oxygens (including phenoxy) is 3. The van der Waals surface area contributed by atoms with Crippen molar-refractivity contribution < 1.29 is 28.2 Å². The number of carbonyl (C=O) groups is 2. The molecular formula is C30H25BrFNO5. The molecule has 1 N–H and O–H groups in total. The van der Waals surface area contributed by atoms with Crippen LogP contribution in [0.5, 0.6) is 11.5 Å². The highest BCUT2D eigenvalue weighted by Crippen LogP contribution is 2.49. The van der Waals surface area contributed by atoms with Crippen molar-refractivity contribution in [1.82, 2.24) is 5.32 Å². The number of carbonyl (C=O) groups excluding carboxylic acids is 2. The first-order valence-electron chi connectivity index (χ1n) is 12.1. The summed E-state index contributed by atoms with van der Waals surface area (Å²) in [6, 6.07) is 17.3. The highest BCUT2D eigenvalue weighted by Gasteiger charge is 2.43. The number of allylic oxidation sites excluding steroid dienone is 2. The molecule has 0 fully saturated rings. The van der Waals surface area contributed by atoms with Gasteiger partial charge in [0.1, 0.15) is 12.4 Å². The van der Waals surface area contributed by atoms with Gasteiger partial charge in [-0.3, -0.25) is 4.79 Å². The number of methoxy groups -OCH3 is 1. The van der Waals surface area contributed by atoms with Gasteiger partial charge in [0.25, 0.3) is 0 Å². The van der Waals surface area contributed by atoms with Crippen molar-refractivity contribution >= 4 is 33.4 Å². The van der Waals surface area contributed by atoms with E-state index in [1.54, 1.807) is 50.2 Å². The standard InChI is InChI=1S/C30H25BrFNO5/c1-4-37-30(35)24-16(2)33-27-19-10-6-7-11-20(19)28(34)26(27)25(24)18-13-21(31)29(23(14-18)36-3)38-15-17-9-5-8-12-22(17)32/h5-14,25,33H,4,15H2,1-3H3/t25-/m0/s1. The molecule has 2 aliphatic rings. The first-order chi connectivity index (χ1) is 18.3. The number of nitrogens with one attached hydrogen (secondary N) is 1. The van der Waals surface area contributed by atoms with Gasteiger partial charge in [0.05, 0.1) is 29.5 Å². The fourth-order valence-electron chi connectivity index (χ4n) is 4.95. The number of ketones is 1. The lowest BCUT2D eigenvalue weighted by molar-refractivity contribution is -0.138. The van der Waals surface area contributed by atoms with Gasteiger partial charge in [0.15, 0.2) is 17.3 Å². The number of esters is 1. The minimum Gasteiger partial charge on any atom is -0.493 e. The summed E-state index contributed by atoms with van der Waals surface area (Å²) in [5.74, 6) is -0.995. The van der Waals surface area contributed by atoms with Crippen LogP contribution in [-0.2, 0) is 16.1 Å². The Bertz CT molecular complexity index is 1530. The van der Waals surface area contributed by atoms with Gasteiger partial charge in [0, 0.05) is 33.9 Å². The van der Waals surface area contributed by atoms with Crippen molar-refractivity contribution in [3.63, 3.8) is 0 Å². The summed E-state index contributed by atoms with van der Waals surface area (Å²) in [5.41, 5.74) is 4.50. The van der Waals surface area contributed by atoms with Gasteiger partial charge in [-0.1, -0.05) is 42.5 Å². The Labute approximate surface area is 228 Å². The van der Waals surface area contributed by atoms with E-state index in [-0.39, 0.29) is 24.8 Å². The maximum absolute atomic E-state index is 14.2. The molecule has 8 heteroatoms. The maximum atomic E-state index is 14.2. The molecule has 3 aromatic rings. The van der Waals surface area contributed by atoms with Crippen LogP contribution in [0, 0.1) is 5.82 Å². The lowest BCUT2D eigenvalue weighted by atomic mass is 9.79. The van der Waals surface area contributed by atoms with E-state index in [0.29, 0.717) is 55.2 Å². The molecule has 5 rings (SSSR count).